The van der Waals surface area contributed by atoms with Crippen LogP contribution in [0.15, 0.2) is 39.7 Å². The van der Waals surface area contributed by atoms with Crippen molar-refractivity contribution in [1.29, 1.82) is 0 Å². The minimum atomic E-state index is -3.59. The smallest absolute Gasteiger partial charge is 0.240 e. The summed E-state index contributed by atoms with van der Waals surface area (Å²) >= 11 is 3.50. The molecule has 0 amide bonds. The first kappa shape index (κ1) is 19.9. The topological polar surface area (TPSA) is 71.2 Å². The summed E-state index contributed by atoms with van der Waals surface area (Å²) in [6.07, 6.45) is 0.607. The molecule has 0 atom stereocenters. The Morgan fingerprint density at radius 1 is 1.11 bits per heavy atom. The third-order valence-electron chi connectivity index (χ3n) is 4.73. The summed E-state index contributed by atoms with van der Waals surface area (Å²) in [6, 6.07) is 9.47. The molecule has 27 heavy (non-hydrogen) atoms. The van der Waals surface area contributed by atoms with Crippen molar-refractivity contribution >= 4 is 36.9 Å². The number of methoxy groups -OCH3 is 1. The largest absolute Gasteiger partial charge is 0.496 e. The number of halogens is 1. The number of sulfonamides is 1. The molecular formula is C20H23BrN2O3S. The Morgan fingerprint density at radius 2 is 1.85 bits per heavy atom. The molecule has 0 radical (unpaired) electrons. The first-order valence-electron chi connectivity index (χ1n) is 8.64. The van der Waals surface area contributed by atoms with Crippen molar-refractivity contribution in [2.24, 2.45) is 0 Å². The number of rotatable bonds is 6. The Kier molecular flexibility index (Phi) is 5.65. The van der Waals surface area contributed by atoms with E-state index >= 15 is 0 Å². The lowest BCUT2D eigenvalue weighted by molar-refractivity contribution is 0.411. The van der Waals surface area contributed by atoms with E-state index in [1.165, 1.54) is 0 Å². The molecule has 144 valence electrons. The maximum atomic E-state index is 12.8. The van der Waals surface area contributed by atoms with E-state index in [9.17, 15) is 8.42 Å². The second kappa shape index (κ2) is 7.66. The maximum Gasteiger partial charge on any atom is 0.240 e. The summed E-state index contributed by atoms with van der Waals surface area (Å²) in [7, 11) is -2.01. The Morgan fingerprint density at radius 3 is 2.56 bits per heavy atom. The molecule has 0 saturated carbocycles. The molecule has 1 heterocycles. The average Bonchev–Trinajstić information content (AvgIpc) is 2.91. The number of hydrogen-bond acceptors (Lipinski definition) is 3. The average molecular weight is 451 g/mol. The van der Waals surface area contributed by atoms with Crippen molar-refractivity contribution in [3.05, 3.63) is 57.2 Å². The van der Waals surface area contributed by atoms with Crippen LogP contribution in [-0.4, -0.2) is 27.1 Å². The highest BCUT2D eigenvalue weighted by atomic mass is 79.9. The number of aromatic amines is 1. The molecular weight excluding hydrogens is 428 g/mol. The highest BCUT2D eigenvalue weighted by Gasteiger charge is 2.19. The van der Waals surface area contributed by atoms with Gasteiger partial charge in [0.25, 0.3) is 0 Å². The lowest BCUT2D eigenvalue weighted by atomic mass is 10.1. The SMILES string of the molecule is COc1cc(C)c(S(=O)(=O)NCCc2c(C)[nH]c3ccc(Br)cc23)cc1C. The Labute approximate surface area is 168 Å². The fraction of sp³-hybridized carbons (Fsp3) is 0.300. The summed E-state index contributed by atoms with van der Waals surface area (Å²) in [4.78, 5) is 3.64. The molecule has 0 unspecified atom stereocenters. The molecule has 0 bridgehead atoms. The van der Waals surface area contributed by atoms with Crippen LogP contribution in [0.2, 0.25) is 0 Å². The van der Waals surface area contributed by atoms with Gasteiger partial charge in [0.15, 0.2) is 0 Å². The van der Waals surface area contributed by atoms with Crippen molar-refractivity contribution in [2.75, 3.05) is 13.7 Å². The normalized spacial score (nSPS) is 11.9. The molecule has 1 aromatic heterocycles. The fourth-order valence-electron chi connectivity index (χ4n) is 3.34. The molecule has 5 nitrogen and oxygen atoms in total. The van der Waals surface area contributed by atoms with Gasteiger partial charge >= 0.3 is 0 Å². The summed E-state index contributed by atoms with van der Waals surface area (Å²) in [5.74, 6) is 0.687. The third-order valence-corrected chi connectivity index (χ3v) is 6.83. The van der Waals surface area contributed by atoms with Crippen molar-refractivity contribution in [3.63, 3.8) is 0 Å². The summed E-state index contributed by atoms with van der Waals surface area (Å²) in [5, 5.41) is 1.11. The van der Waals surface area contributed by atoms with Gasteiger partial charge < -0.3 is 9.72 Å². The molecule has 2 aromatic carbocycles. The fourth-order valence-corrected chi connectivity index (χ4v) is 5.04. The molecule has 3 aromatic rings. The van der Waals surface area contributed by atoms with Gasteiger partial charge in [-0.1, -0.05) is 15.9 Å². The van der Waals surface area contributed by atoms with Crippen LogP contribution >= 0.6 is 15.9 Å². The highest BCUT2D eigenvalue weighted by molar-refractivity contribution is 9.10. The van der Waals surface area contributed by atoms with Crippen LogP contribution in [0.4, 0.5) is 0 Å². The first-order chi connectivity index (χ1) is 12.7. The number of nitrogens with one attached hydrogen (secondary N) is 2. The van der Waals surface area contributed by atoms with Gasteiger partial charge in [-0.15, -0.1) is 0 Å². The van der Waals surface area contributed by atoms with E-state index in [0.717, 1.165) is 32.2 Å². The van der Waals surface area contributed by atoms with E-state index in [-0.39, 0.29) is 0 Å². The van der Waals surface area contributed by atoms with Crippen LogP contribution in [0.25, 0.3) is 10.9 Å². The molecule has 0 aliphatic carbocycles. The van der Waals surface area contributed by atoms with Crippen LogP contribution in [0.1, 0.15) is 22.4 Å². The van der Waals surface area contributed by atoms with Gasteiger partial charge in [0.1, 0.15) is 5.75 Å². The minimum Gasteiger partial charge on any atom is -0.496 e. The monoisotopic (exact) mass is 450 g/mol. The van der Waals surface area contributed by atoms with Crippen molar-refractivity contribution in [2.45, 2.75) is 32.1 Å². The Hall–Kier alpha value is -1.83. The van der Waals surface area contributed by atoms with E-state index in [1.807, 2.05) is 26.0 Å². The van der Waals surface area contributed by atoms with E-state index < -0.39 is 10.0 Å². The van der Waals surface area contributed by atoms with Crippen LogP contribution < -0.4 is 9.46 Å². The van der Waals surface area contributed by atoms with E-state index in [1.54, 1.807) is 26.2 Å². The van der Waals surface area contributed by atoms with Gasteiger partial charge in [0.05, 0.1) is 12.0 Å². The van der Waals surface area contributed by atoms with E-state index in [2.05, 4.69) is 31.7 Å². The third kappa shape index (κ3) is 4.05. The zero-order valence-electron chi connectivity index (χ0n) is 15.8. The number of H-pyrrole nitrogens is 1. The number of ether oxygens (including phenoxy) is 1. The first-order valence-corrected chi connectivity index (χ1v) is 10.9. The van der Waals surface area contributed by atoms with Crippen molar-refractivity contribution < 1.29 is 13.2 Å². The summed E-state index contributed by atoms with van der Waals surface area (Å²) in [6.45, 7) is 5.95. The molecule has 3 rings (SSSR count). The molecule has 7 heteroatoms. The van der Waals surface area contributed by atoms with Crippen molar-refractivity contribution in [1.82, 2.24) is 9.71 Å². The standard InChI is InChI=1S/C20H23BrN2O3S/c1-12-10-20(13(2)9-19(12)26-4)27(24,25)22-8-7-16-14(3)23-18-6-5-15(21)11-17(16)18/h5-6,9-11,22-23H,7-8H2,1-4H3. The highest BCUT2D eigenvalue weighted by Crippen LogP contribution is 2.27. The molecule has 0 aliphatic rings. The molecule has 0 spiro atoms. The predicted molar refractivity (Wildman–Crippen MR) is 112 cm³/mol. The van der Waals surface area contributed by atoms with Gasteiger partial charge in [0.2, 0.25) is 10.0 Å². The van der Waals surface area contributed by atoms with Crippen LogP contribution in [0.3, 0.4) is 0 Å². The second-order valence-corrected chi connectivity index (χ2v) is 9.30. The van der Waals surface area contributed by atoms with Gasteiger partial charge in [-0.3, -0.25) is 0 Å². The zero-order valence-corrected chi connectivity index (χ0v) is 18.2. The molecule has 0 saturated heterocycles. The van der Waals surface area contributed by atoms with E-state index in [4.69, 9.17) is 4.74 Å². The Balaban J connectivity index is 1.80. The predicted octanol–water partition coefficient (Wildman–Crippen LogP) is 4.39. The van der Waals surface area contributed by atoms with Gasteiger partial charge in [-0.25, -0.2) is 13.1 Å². The summed E-state index contributed by atoms with van der Waals surface area (Å²) in [5.41, 5.74) is 4.68. The molecule has 0 fully saturated rings. The van der Waals surface area contributed by atoms with Crippen LogP contribution in [0.5, 0.6) is 5.75 Å². The number of aryl methyl sites for hydroxylation is 3. The summed E-state index contributed by atoms with van der Waals surface area (Å²) < 4.78 is 34.5. The molecule has 0 aliphatic heterocycles. The second-order valence-electron chi connectivity index (χ2n) is 6.65. The minimum absolute atomic E-state index is 0.291. The number of benzene rings is 2. The Bertz CT molecular complexity index is 1100. The van der Waals surface area contributed by atoms with Gasteiger partial charge in [-0.05, 0) is 74.2 Å². The lowest BCUT2D eigenvalue weighted by Crippen LogP contribution is -2.27. The molecule has 2 N–H and O–H groups in total. The van der Waals surface area contributed by atoms with Gasteiger partial charge in [-0.2, -0.15) is 0 Å². The zero-order chi connectivity index (χ0) is 19.8. The van der Waals surface area contributed by atoms with E-state index in [0.29, 0.717) is 29.2 Å². The van der Waals surface area contributed by atoms with Crippen LogP contribution in [-0.2, 0) is 16.4 Å². The number of hydrogen-bond donors (Lipinski definition) is 2. The quantitative estimate of drug-likeness (QED) is 0.584. The maximum absolute atomic E-state index is 12.8. The number of fused-ring (bicyclic) bond motifs is 1. The van der Waals surface area contributed by atoms with Gasteiger partial charge in [0, 0.05) is 27.6 Å². The lowest BCUT2D eigenvalue weighted by Gasteiger charge is -2.13. The van der Waals surface area contributed by atoms with Crippen molar-refractivity contribution in [3.8, 4) is 5.75 Å². The van der Waals surface area contributed by atoms with Crippen LogP contribution in [0, 0.1) is 20.8 Å². The number of aromatic nitrogens is 1.